The predicted octanol–water partition coefficient (Wildman–Crippen LogP) is 3.14. The summed E-state index contributed by atoms with van der Waals surface area (Å²) in [4.78, 5) is 27.6. The van der Waals surface area contributed by atoms with E-state index in [2.05, 4.69) is 5.10 Å². The first-order valence-corrected chi connectivity index (χ1v) is 9.56. The molecule has 0 N–H and O–H groups in total. The van der Waals surface area contributed by atoms with Crippen molar-refractivity contribution in [2.45, 2.75) is 13.7 Å². The summed E-state index contributed by atoms with van der Waals surface area (Å²) in [5.74, 6) is 0.288. The molecule has 10 heteroatoms. The van der Waals surface area contributed by atoms with Crippen LogP contribution in [0.2, 0.25) is 10.0 Å². The van der Waals surface area contributed by atoms with E-state index in [0.717, 1.165) is 0 Å². The summed E-state index contributed by atoms with van der Waals surface area (Å²) in [5.41, 5.74) is 0.315. The number of halogens is 2. The monoisotopic (exact) mass is 426 g/mol. The van der Waals surface area contributed by atoms with Crippen LogP contribution in [0.4, 0.5) is 4.79 Å². The normalized spacial score (nSPS) is 14.1. The number of ether oxygens (including phenoxy) is 2. The second-order valence-electron chi connectivity index (χ2n) is 6.07. The average molecular weight is 427 g/mol. The summed E-state index contributed by atoms with van der Waals surface area (Å²) in [6.07, 6.45) is 1.31. The van der Waals surface area contributed by atoms with Crippen LogP contribution < -0.4 is 4.74 Å². The molecule has 28 heavy (non-hydrogen) atoms. The number of carbonyl (C=O) groups is 2. The van der Waals surface area contributed by atoms with Gasteiger partial charge in [0.1, 0.15) is 5.75 Å². The highest BCUT2D eigenvalue weighted by molar-refractivity contribution is 6.35. The molecule has 2 amide bonds. The van der Waals surface area contributed by atoms with Crippen LogP contribution in [0.3, 0.4) is 0 Å². The van der Waals surface area contributed by atoms with Crippen LogP contribution in [-0.2, 0) is 11.5 Å². The lowest BCUT2D eigenvalue weighted by molar-refractivity contribution is 0.0564. The Bertz CT molecular complexity index is 850. The average Bonchev–Trinajstić information content (AvgIpc) is 3.16. The summed E-state index contributed by atoms with van der Waals surface area (Å²) in [5, 5.41) is 5.18. The molecule has 1 aromatic carbocycles. The van der Waals surface area contributed by atoms with Gasteiger partial charge in [0.15, 0.2) is 12.4 Å². The molecule has 150 valence electrons. The molecular weight excluding hydrogens is 407 g/mol. The molecule has 0 spiro atoms. The van der Waals surface area contributed by atoms with Gasteiger partial charge in [0.2, 0.25) is 0 Å². The van der Waals surface area contributed by atoms with Crippen molar-refractivity contribution in [3.05, 3.63) is 46.2 Å². The molecule has 1 aliphatic heterocycles. The first kappa shape index (κ1) is 20.3. The number of nitrogens with zero attached hydrogens (tertiary/aromatic N) is 4. The molecule has 0 radical (unpaired) electrons. The number of aromatic nitrogens is 2. The molecule has 0 unspecified atom stereocenters. The van der Waals surface area contributed by atoms with Crippen LogP contribution in [0.5, 0.6) is 5.75 Å². The van der Waals surface area contributed by atoms with Gasteiger partial charge in [-0.2, -0.15) is 5.10 Å². The van der Waals surface area contributed by atoms with Gasteiger partial charge in [-0.25, -0.2) is 9.48 Å². The summed E-state index contributed by atoms with van der Waals surface area (Å²) in [7, 11) is 0. The van der Waals surface area contributed by atoms with Crippen molar-refractivity contribution < 1.29 is 19.1 Å². The zero-order valence-electron chi connectivity index (χ0n) is 15.3. The molecule has 2 aromatic rings. The first-order chi connectivity index (χ1) is 13.5. The molecule has 8 nitrogen and oxygen atoms in total. The fourth-order valence-electron chi connectivity index (χ4n) is 2.74. The lowest BCUT2D eigenvalue weighted by atomic mass is 10.3. The number of hydrogen-bond acceptors (Lipinski definition) is 5. The van der Waals surface area contributed by atoms with Crippen LogP contribution in [0, 0.1) is 0 Å². The molecule has 1 aliphatic rings. The van der Waals surface area contributed by atoms with Crippen molar-refractivity contribution in [3.8, 4) is 5.75 Å². The maximum absolute atomic E-state index is 12.6. The van der Waals surface area contributed by atoms with Crippen molar-refractivity contribution in [1.29, 1.82) is 0 Å². The Morgan fingerprint density at radius 1 is 1.11 bits per heavy atom. The fraction of sp³-hybridized carbons (Fsp3) is 0.389. The molecule has 0 saturated carbocycles. The molecule has 1 saturated heterocycles. The molecule has 1 aromatic heterocycles. The predicted molar refractivity (Wildman–Crippen MR) is 104 cm³/mol. The van der Waals surface area contributed by atoms with Crippen molar-refractivity contribution in [3.63, 3.8) is 0 Å². The first-order valence-electron chi connectivity index (χ1n) is 8.80. The number of carbonyl (C=O) groups excluding carboxylic acids is 2. The summed E-state index contributed by atoms with van der Waals surface area (Å²) in [6, 6.07) is 6.57. The third-order valence-corrected chi connectivity index (χ3v) is 4.73. The molecule has 0 bridgehead atoms. The molecular formula is C18H20Cl2N4O4. The maximum atomic E-state index is 12.6. The van der Waals surface area contributed by atoms with E-state index >= 15 is 0 Å². The summed E-state index contributed by atoms with van der Waals surface area (Å²) < 4.78 is 12.1. The second kappa shape index (κ2) is 9.16. The van der Waals surface area contributed by atoms with Gasteiger partial charge >= 0.3 is 6.09 Å². The summed E-state index contributed by atoms with van der Waals surface area (Å²) in [6.45, 7) is 3.93. The van der Waals surface area contributed by atoms with Crippen molar-refractivity contribution >= 4 is 35.2 Å². The van der Waals surface area contributed by atoms with Gasteiger partial charge in [-0.15, -0.1) is 0 Å². The van der Waals surface area contributed by atoms with E-state index in [-0.39, 0.29) is 18.7 Å². The van der Waals surface area contributed by atoms with Crippen LogP contribution in [0.25, 0.3) is 0 Å². The SMILES string of the molecule is CCOC(=O)N1CCN(C(=O)c2ccn(COc3ccc(Cl)cc3Cl)n2)CC1. The highest BCUT2D eigenvalue weighted by atomic mass is 35.5. The topological polar surface area (TPSA) is 76.9 Å². The Kier molecular flexibility index (Phi) is 6.64. The largest absolute Gasteiger partial charge is 0.470 e. The Balaban J connectivity index is 1.53. The zero-order chi connectivity index (χ0) is 20.1. The van der Waals surface area contributed by atoms with E-state index in [1.54, 1.807) is 47.2 Å². The number of hydrogen-bond donors (Lipinski definition) is 0. The smallest absolute Gasteiger partial charge is 0.409 e. The lowest BCUT2D eigenvalue weighted by Gasteiger charge is -2.33. The van der Waals surface area contributed by atoms with Crippen LogP contribution in [0.15, 0.2) is 30.5 Å². The van der Waals surface area contributed by atoms with Gasteiger partial charge in [-0.05, 0) is 31.2 Å². The van der Waals surface area contributed by atoms with E-state index in [4.69, 9.17) is 32.7 Å². The third kappa shape index (κ3) is 4.88. The fourth-order valence-corrected chi connectivity index (χ4v) is 3.21. The summed E-state index contributed by atoms with van der Waals surface area (Å²) >= 11 is 11.9. The Hall–Kier alpha value is -2.45. The molecule has 0 atom stereocenters. The maximum Gasteiger partial charge on any atom is 0.409 e. The standard InChI is InChI=1S/C18H20Cl2N4O4/c1-2-27-18(26)23-9-7-22(8-10-23)17(25)15-5-6-24(21-15)12-28-16-4-3-13(19)11-14(16)20/h3-6,11H,2,7-10,12H2,1H3. The van der Waals surface area contributed by atoms with Gasteiger partial charge < -0.3 is 19.3 Å². The van der Waals surface area contributed by atoms with E-state index in [0.29, 0.717) is 54.3 Å². The minimum atomic E-state index is -0.350. The Labute approximate surface area is 172 Å². The molecule has 1 fully saturated rings. The quantitative estimate of drug-likeness (QED) is 0.733. The Morgan fingerprint density at radius 2 is 1.82 bits per heavy atom. The van der Waals surface area contributed by atoms with Gasteiger partial charge in [-0.1, -0.05) is 23.2 Å². The van der Waals surface area contributed by atoms with E-state index in [1.165, 1.54) is 4.68 Å². The highest BCUT2D eigenvalue weighted by Gasteiger charge is 2.26. The second-order valence-corrected chi connectivity index (χ2v) is 6.91. The molecule has 0 aliphatic carbocycles. The van der Waals surface area contributed by atoms with Crippen LogP contribution >= 0.6 is 23.2 Å². The van der Waals surface area contributed by atoms with Crippen molar-refractivity contribution in [2.75, 3.05) is 32.8 Å². The van der Waals surface area contributed by atoms with E-state index in [1.807, 2.05) is 0 Å². The van der Waals surface area contributed by atoms with Gasteiger partial charge in [0, 0.05) is 37.4 Å². The van der Waals surface area contributed by atoms with E-state index in [9.17, 15) is 9.59 Å². The van der Waals surface area contributed by atoms with E-state index < -0.39 is 0 Å². The zero-order valence-corrected chi connectivity index (χ0v) is 16.8. The number of rotatable bonds is 5. The van der Waals surface area contributed by atoms with Gasteiger partial charge in [0.05, 0.1) is 11.6 Å². The van der Waals surface area contributed by atoms with Gasteiger partial charge in [0.25, 0.3) is 5.91 Å². The van der Waals surface area contributed by atoms with Gasteiger partial charge in [-0.3, -0.25) is 4.79 Å². The highest BCUT2D eigenvalue weighted by Crippen LogP contribution is 2.27. The van der Waals surface area contributed by atoms with Crippen molar-refractivity contribution in [2.24, 2.45) is 0 Å². The number of benzene rings is 1. The van der Waals surface area contributed by atoms with Crippen LogP contribution in [0.1, 0.15) is 17.4 Å². The van der Waals surface area contributed by atoms with Crippen LogP contribution in [-0.4, -0.2) is 64.4 Å². The number of piperazine rings is 1. The third-order valence-electron chi connectivity index (χ3n) is 4.20. The lowest BCUT2D eigenvalue weighted by Crippen LogP contribution is -2.50. The minimum Gasteiger partial charge on any atom is -0.470 e. The Morgan fingerprint density at radius 3 is 2.50 bits per heavy atom. The number of amides is 2. The molecule has 2 heterocycles. The van der Waals surface area contributed by atoms with Crippen molar-refractivity contribution in [1.82, 2.24) is 19.6 Å². The minimum absolute atomic E-state index is 0.102. The molecule has 3 rings (SSSR count).